The predicted octanol–water partition coefficient (Wildman–Crippen LogP) is 2.59. The second-order valence-corrected chi connectivity index (χ2v) is 6.06. The number of hydrogen-bond donors (Lipinski definition) is 1. The summed E-state index contributed by atoms with van der Waals surface area (Å²) in [5.41, 5.74) is 0.00229. The standard InChI is InChI=1S/C17H26N2O2/c1-6-19(12-14-10-8-7-9-11-14)16(21)17(4,5)15(20)18-13(2)3/h7-11,13H,6,12H2,1-5H3,(H,18,20). The van der Waals surface area contributed by atoms with Gasteiger partial charge in [0, 0.05) is 19.1 Å². The minimum atomic E-state index is -1.06. The van der Waals surface area contributed by atoms with Crippen molar-refractivity contribution in [2.24, 2.45) is 5.41 Å². The van der Waals surface area contributed by atoms with Crippen LogP contribution in [0.4, 0.5) is 0 Å². The van der Waals surface area contributed by atoms with Crippen molar-refractivity contribution in [3.05, 3.63) is 35.9 Å². The highest BCUT2D eigenvalue weighted by Gasteiger charge is 2.38. The zero-order valence-corrected chi connectivity index (χ0v) is 13.6. The minimum Gasteiger partial charge on any atom is -0.353 e. The maximum atomic E-state index is 12.7. The zero-order chi connectivity index (χ0) is 16.0. The molecule has 1 aromatic carbocycles. The summed E-state index contributed by atoms with van der Waals surface area (Å²) in [5, 5.41) is 2.82. The summed E-state index contributed by atoms with van der Waals surface area (Å²) >= 11 is 0. The van der Waals surface area contributed by atoms with Gasteiger partial charge in [-0.05, 0) is 40.2 Å². The average Bonchev–Trinajstić information content (AvgIpc) is 2.44. The summed E-state index contributed by atoms with van der Waals surface area (Å²) in [6.07, 6.45) is 0. The molecule has 0 aromatic heterocycles. The van der Waals surface area contributed by atoms with Crippen molar-refractivity contribution in [3.63, 3.8) is 0 Å². The van der Waals surface area contributed by atoms with E-state index in [9.17, 15) is 9.59 Å². The summed E-state index contributed by atoms with van der Waals surface area (Å²) in [7, 11) is 0. The summed E-state index contributed by atoms with van der Waals surface area (Å²) in [6.45, 7) is 10.2. The third-order valence-corrected chi connectivity index (χ3v) is 3.41. The average molecular weight is 290 g/mol. The van der Waals surface area contributed by atoms with Crippen LogP contribution in [0.3, 0.4) is 0 Å². The smallest absolute Gasteiger partial charge is 0.237 e. The molecule has 1 N–H and O–H groups in total. The Labute approximate surface area is 127 Å². The first kappa shape index (κ1) is 17.2. The maximum Gasteiger partial charge on any atom is 0.237 e. The molecule has 0 aliphatic carbocycles. The van der Waals surface area contributed by atoms with Crippen molar-refractivity contribution in [2.75, 3.05) is 6.54 Å². The van der Waals surface area contributed by atoms with Gasteiger partial charge in [0.15, 0.2) is 0 Å². The molecule has 116 valence electrons. The van der Waals surface area contributed by atoms with Gasteiger partial charge in [-0.3, -0.25) is 9.59 Å². The van der Waals surface area contributed by atoms with Crippen LogP contribution in [0, 0.1) is 5.41 Å². The molecule has 0 saturated heterocycles. The van der Waals surface area contributed by atoms with Gasteiger partial charge in [0.1, 0.15) is 5.41 Å². The molecule has 0 aliphatic heterocycles. The summed E-state index contributed by atoms with van der Waals surface area (Å²) in [5.74, 6) is -0.374. The quantitative estimate of drug-likeness (QED) is 0.819. The van der Waals surface area contributed by atoms with Crippen LogP contribution < -0.4 is 5.32 Å². The van der Waals surface area contributed by atoms with Crippen molar-refractivity contribution in [2.45, 2.75) is 47.2 Å². The van der Waals surface area contributed by atoms with Crippen molar-refractivity contribution in [1.82, 2.24) is 10.2 Å². The molecule has 4 heteroatoms. The second kappa shape index (κ2) is 7.25. The van der Waals surface area contributed by atoms with Crippen LogP contribution >= 0.6 is 0 Å². The molecule has 0 spiro atoms. The number of carbonyl (C=O) groups is 2. The van der Waals surface area contributed by atoms with Crippen LogP contribution in [-0.2, 0) is 16.1 Å². The molecular formula is C17H26N2O2. The van der Waals surface area contributed by atoms with E-state index in [2.05, 4.69) is 5.32 Å². The lowest BCUT2D eigenvalue weighted by Crippen LogP contribution is -2.50. The molecule has 0 saturated carbocycles. The number of nitrogens with zero attached hydrogens (tertiary/aromatic N) is 1. The van der Waals surface area contributed by atoms with E-state index in [1.807, 2.05) is 51.1 Å². The summed E-state index contributed by atoms with van der Waals surface area (Å²) in [4.78, 5) is 26.6. The molecular weight excluding hydrogens is 264 g/mol. The van der Waals surface area contributed by atoms with Gasteiger partial charge in [-0.25, -0.2) is 0 Å². The van der Waals surface area contributed by atoms with Gasteiger partial charge < -0.3 is 10.2 Å². The lowest BCUT2D eigenvalue weighted by molar-refractivity contribution is -0.149. The third-order valence-electron chi connectivity index (χ3n) is 3.41. The summed E-state index contributed by atoms with van der Waals surface area (Å²) < 4.78 is 0. The molecule has 0 unspecified atom stereocenters. The van der Waals surface area contributed by atoms with Crippen molar-refractivity contribution >= 4 is 11.8 Å². The maximum absolute atomic E-state index is 12.7. The van der Waals surface area contributed by atoms with E-state index >= 15 is 0 Å². The normalized spacial score (nSPS) is 11.3. The van der Waals surface area contributed by atoms with E-state index in [-0.39, 0.29) is 17.9 Å². The Balaban J connectivity index is 2.84. The lowest BCUT2D eigenvalue weighted by Gasteiger charge is -2.31. The van der Waals surface area contributed by atoms with Crippen molar-refractivity contribution in [3.8, 4) is 0 Å². The van der Waals surface area contributed by atoms with Gasteiger partial charge in [-0.15, -0.1) is 0 Å². The molecule has 0 aliphatic rings. The van der Waals surface area contributed by atoms with Crippen molar-refractivity contribution < 1.29 is 9.59 Å². The topological polar surface area (TPSA) is 49.4 Å². The first-order valence-corrected chi connectivity index (χ1v) is 7.43. The van der Waals surface area contributed by atoms with Crippen LogP contribution in [0.15, 0.2) is 30.3 Å². The van der Waals surface area contributed by atoms with Crippen LogP contribution in [0.2, 0.25) is 0 Å². The first-order valence-electron chi connectivity index (χ1n) is 7.43. The molecule has 4 nitrogen and oxygen atoms in total. The monoisotopic (exact) mass is 290 g/mol. The lowest BCUT2D eigenvalue weighted by atomic mass is 9.89. The Morgan fingerprint density at radius 3 is 2.24 bits per heavy atom. The Kier molecular flexibility index (Phi) is 5.94. The van der Waals surface area contributed by atoms with Gasteiger partial charge in [0.25, 0.3) is 0 Å². The fourth-order valence-electron chi connectivity index (χ4n) is 2.07. The first-order chi connectivity index (χ1) is 9.78. The van der Waals surface area contributed by atoms with E-state index < -0.39 is 5.41 Å². The van der Waals surface area contributed by atoms with Gasteiger partial charge in [0.05, 0.1) is 0 Å². The molecule has 1 rings (SSSR count). The molecule has 0 bridgehead atoms. The Hall–Kier alpha value is -1.84. The van der Waals surface area contributed by atoms with Crippen molar-refractivity contribution in [1.29, 1.82) is 0 Å². The molecule has 2 amide bonds. The van der Waals surface area contributed by atoms with Crippen LogP contribution in [0.25, 0.3) is 0 Å². The van der Waals surface area contributed by atoms with E-state index in [0.29, 0.717) is 13.1 Å². The van der Waals surface area contributed by atoms with Gasteiger partial charge in [-0.2, -0.15) is 0 Å². The predicted molar refractivity (Wildman–Crippen MR) is 84.6 cm³/mol. The Morgan fingerprint density at radius 1 is 1.19 bits per heavy atom. The highest BCUT2D eigenvalue weighted by molar-refractivity contribution is 6.04. The number of carbonyl (C=O) groups excluding carboxylic acids is 2. The zero-order valence-electron chi connectivity index (χ0n) is 13.6. The largest absolute Gasteiger partial charge is 0.353 e. The number of nitrogens with one attached hydrogen (secondary N) is 1. The number of amides is 2. The van der Waals surface area contributed by atoms with Crippen LogP contribution in [0.1, 0.15) is 40.2 Å². The van der Waals surface area contributed by atoms with E-state index in [4.69, 9.17) is 0 Å². The molecule has 0 atom stereocenters. The number of hydrogen-bond acceptors (Lipinski definition) is 2. The fourth-order valence-corrected chi connectivity index (χ4v) is 2.07. The van der Waals surface area contributed by atoms with Gasteiger partial charge in [0.2, 0.25) is 11.8 Å². The summed E-state index contributed by atoms with van der Waals surface area (Å²) in [6, 6.07) is 9.83. The molecule has 1 aromatic rings. The molecule has 21 heavy (non-hydrogen) atoms. The Bertz CT molecular complexity index is 481. The van der Waals surface area contributed by atoms with E-state index in [1.54, 1.807) is 18.7 Å². The third kappa shape index (κ3) is 4.59. The molecule has 0 radical (unpaired) electrons. The van der Waals surface area contributed by atoms with E-state index in [1.165, 1.54) is 0 Å². The number of rotatable bonds is 6. The molecule has 0 heterocycles. The number of benzene rings is 1. The highest BCUT2D eigenvalue weighted by atomic mass is 16.2. The Morgan fingerprint density at radius 2 is 1.76 bits per heavy atom. The second-order valence-electron chi connectivity index (χ2n) is 6.06. The molecule has 0 fully saturated rings. The van der Waals surface area contributed by atoms with Crippen LogP contribution in [-0.4, -0.2) is 29.3 Å². The van der Waals surface area contributed by atoms with Crippen LogP contribution in [0.5, 0.6) is 0 Å². The van der Waals surface area contributed by atoms with Gasteiger partial charge >= 0.3 is 0 Å². The minimum absolute atomic E-state index is 0.0220. The van der Waals surface area contributed by atoms with Gasteiger partial charge in [-0.1, -0.05) is 30.3 Å². The SMILES string of the molecule is CCN(Cc1ccccc1)C(=O)C(C)(C)C(=O)NC(C)C. The fraction of sp³-hybridized carbons (Fsp3) is 0.529. The van der Waals surface area contributed by atoms with E-state index in [0.717, 1.165) is 5.56 Å². The highest BCUT2D eigenvalue weighted by Crippen LogP contribution is 2.21.